The predicted octanol–water partition coefficient (Wildman–Crippen LogP) is 3.33. The minimum absolute atomic E-state index is 0.0557. The normalized spacial score (nSPS) is 11.9. The fourth-order valence-electron chi connectivity index (χ4n) is 2.05. The Hall–Kier alpha value is -1.57. The number of carbonyl (C=O) groups excluding carboxylic acids is 1. The summed E-state index contributed by atoms with van der Waals surface area (Å²) in [6.45, 7) is 0. The number of aromatic nitrogens is 1. The van der Waals surface area contributed by atoms with E-state index in [0.717, 1.165) is 10.6 Å². The zero-order valence-electron chi connectivity index (χ0n) is 13.0. The Morgan fingerprint density at radius 2 is 2.25 bits per heavy atom. The van der Waals surface area contributed by atoms with Crippen LogP contribution in [0.3, 0.4) is 0 Å². The quantitative estimate of drug-likeness (QED) is 0.729. The lowest BCUT2D eigenvalue weighted by Gasteiger charge is -2.13. The van der Waals surface area contributed by atoms with Crippen molar-refractivity contribution in [3.63, 3.8) is 0 Å². The number of nitrogens with one attached hydrogen (secondary N) is 1. The molecule has 24 heavy (non-hydrogen) atoms. The van der Waals surface area contributed by atoms with Crippen LogP contribution in [0.2, 0.25) is 5.02 Å². The van der Waals surface area contributed by atoms with Gasteiger partial charge in [0.15, 0.2) is 0 Å². The molecule has 1 aromatic heterocycles. The summed E-state index contributed by atoms with van der Waals surface area (Å²) >= 11 is 8.94. The van der Waals surface area contributed by atoms with Crippen molar-refractivity contribution in [2.75, 3.05) is 12.0 Å². The second-order valence-electron chi connectivity index (χ2n) is 5.07. The highest BCUT2D eigenvalue weighted by Crippen LogP contribution is 2.26. The Balaban J connectivity index is 1.98. The first-order valence-electron chi connectivity index (χ1n) is 7.21. The summed E-state index contributed by atoms with van der Waals surface area (Å²) in [5.41, 5.74) is 1.50. The maximum absolute atomic E-state index is 12.1. The van der Waals surface area contributed by atoms with Gasteiger partial charge in [-0.05, 0) is 30.6 Å². The van der Waals surface area contributed by atoms with Crippen LogP contribution in [-0.2, 0) is 16.0 Å². The topological polar surface area (TPSA) is 79.3 Å². The van der Waals surface area contributed by atoms with Crippen molar-refractivity contribution < 1.29 is 14.7 Å². The van der Waals surface area contributed by atoms with E-state index in [9.17, 15) is 9.59 Å². The highest BCUT2D eigenvalue weighted by atomic mass is 35.5. The summed E-state index contributed by atoms with van der Waals surface area (Å²) < 4.78 is 0. The monoisotopic (exact) mass is 384 g/mol. The third-order valence-corrected chi connectivity index (χ3v) is 5.03. The molecule has 128 valence electrons. The van der Waals surface area contributed by atoms with Crippen molar-refractivity contribution in [1.82, 2.24) is 10.3 Å². The number of carboxylic acid groups (broad SMARTS) is 1. The fourth-order valence-corrected chi connectivity index (χ4v) is 3.52. The Morgan fingerprint density at radius 3 is 2.92 bits per heavy atom. The fraction of sp³-hybridized carbons (Fsp3) is 0.312. The minimum Gasteiger partial charge on any atom is -0.480 e. The van der Waals surface area contributed by atoms with Gasteiger partial charge in [-0.1, -0.05) is 23.7 Å². The summed E-state index contributed by atoms with van der Waals surface area (Å²) in [5.74, 6) is -0.686. The zero-order valence-corrected chi connectivity index (χ0v) is 15.4. The van der Waals surface area contributed by atoms with E-state index in [1.54, 1.807) is 23.2 Å². The maximum Gasteiger partial charge on any atom is 0.326 e. The number of benzene rings is 1. The molecule has 0 unspecified atom stereocenters. The van der Waals surface area contributed by atoms with Gasteiger partial charge in [0.1, 0.15) is 11.0 Å². The Labute approximate surface area is 153 Å². The van der Waals surface area contributed by atoms with Gasteiger partial charge in [-0.2, -0.15) is 11.8 Å². The Kier molecular flexibility index (Phi) is 7.08. The second-order valence-corrected chi connectivity index (χ2v) is 7.35. The molecule has 1 atom stereocenters. The van der Waals surface area contributed by atoms with Gasteiger partial charge in [0.05, 0.1) is 12.1 Å². The van der Waals surface area contributed by atoms with Crippen LogP contribution in [0.25, 0.3) is 10.6 Å². The van der Waals surface area contributed by atoms with E-state index < -0.39 is 12.0 Å². The molecular formula is C16H17ClN2O3S2. The van der Waals surface area contributed by atoms with Crippen molar-refractivity contribution in [3.8, 4) is 10.6 Å². The van der Waals surface area contributed by atoms with Crippen LogP contribution < -0.4 is 5.32 Å². The van der Waals surface area contributed by atoms with Crippen molar-refractivity contribution >= 4 is 46.6 Å². The molecule has 0 aliphatic carbocycles. The van der Waals surface area contributed by atoms with Crippen LogP contribution in [0.15, 0.2) is 29.6 Å². The van der Waals surface area contributed by atoms with Gasteiger partial charge in [0.2, 0.25) is 5.91 Å². The number of amides is 1. The number of nitrogens with zero attached hydrogens (tertiary/aromatic N) is 1. The molecule has 1 heterocycles. The summed E-state index contributed by atoms with van der Waals surface area (Å²) in [6, 6.07) is 6.48. The van der Waals surface area contributed by atoms with Gasteiger partial charge in [-0.25, -0.2) is 9.78 Å². The second kappa shape index (κ2) is 9.05. The molecule has 5 nitrogen and oxygen atoms in total. The lowest BCUT2D eigenvalue weighted by atomic mass is 10.2. The van der Waals surface area contributed by atoms with Crippen molar-refractivity contribution in [3.05, 3.63) is 40.4 Å². The minimum atomic E-state index is -1.02. The predicted molar refractivity (Wildman–Crippen MR) is 98.8 cm³/mol. The van der Waals surface area contributed by atoms with Gasteiger partial charge in [0.25, 0.3) is 0 Å². The molecule has 0 saturated heterocycles. The van der Waals surface area contributed by atoms with Crippen LogP contribution in [-0.4, -0.2) is 40.0 Å². The summed E-state index contributed by atoms with van der Waals surface area (Å²) in [4.78, 5) is 27.6. The number of hydrogen-bond acceptors (Lipinski definition) is 5. The summed E-state index contributed by atoms with van der Waals surface area (Å²) in [5, 5.41) is 14.9. The molecule has 0 bridgehead atoms. The first-order valence-corrected chi connectivity index (χ1v) is 9.86. The average molecular weight is 385 g/mol. The van der Waals surface area contributed by atoms with Gasteiger partial charge >= 0.3 is 5.97 Å². The van der Waals surface area contributed by atoms with E-state index in [2.05, 4.69) is 10.3 Å². The van der Waals surface area contributed by atoms with Crippen molar-refractivity contribution in [2.24, 2.45) is 0 Å². The number of rotatable bonds is 8. The standard InChI is InChI=1S/C16H17ClN2O3S2/c1-23-6-5-13(16(21)22)19-14(20)8-12-9-24-15(18-12)10-3-2-4-11(17)7-10/h2-4,7,9,13H,5-6,8H2,1H3,(H,19,20)(H,21,22)/t13-/m0/s1. The van der Waals surface area contributed by atoms with Gasteiger partial charge < -0.3 is 10.4 Å². The Bertz CT molecular complexity index is 721. The molecule has 0 fully saturated rings. The molecule has 2 N–H and O–H groups in total. The molecule has 2 rings (SSSR count). The molecule has 0 aliphatic rings. The summed E-state index contributed by atoms with van der Waals surface area (Å²) in [6.07, 6.45) is 2.35. The maximum atomic E-state index is 12.1. The van der Waals surface area contributed by atoms with Crippen molar-refractivity contribution in [2.45, 2.75) is 18.9 Å². The lowest BCUT2D eigenvalue weighted by Crippen LogP contribution is -2.41. The van der Waals surface area contributed by atoms with Gasteiger partial charge in [0, 0.05) is 16.0 Å². The Morgan fingerprint density at radius 1 is 1.46 bits per heavy atom. The number of aliphatic carboxylic acids is 1. The van der Waals surface area contributed by atoms with Crippen LogP contribution in [0.5, 0.6) is 0 Å². The summed E-state index contributed by atoms with van der Waals surface area (Å²) in [7, 11) is 0. The average Bonchev–Trinajstić information content (AvgIpc) is 2.99. The molecule has 0 spiro atoms. The molecule has 1 amide bonds. The number of carboxylic acids is 1. The number of thioether (sulfide) groups is 1. The highest BCUT2D eigenvalue weighted by Gasteiger charge is 2.20. The number of halogens is 1. The number of thiazole rings is 1. The van der Waals surface area contributed by atoms with E-state index in [4.69, 9.17) is 16.7 Å². The molecule has 0 aliphatic heterocycles. The largest absolute Gasteiger partial charge is 0.480 e. The van der Waals surface area contributed by atoms with Crippen molar-refractivity contribution in [1.29, 1.82) is 0 Å². The van der Waals surface area contributed by atoms with Crippen LogP contribution in [0, 0.1) is 0 Å². The SMILES string of the molecule is CSCC[C@H](NC(=O)Cc1csc(-c2cccc(Cl)c2)n1)C(=O)O. The third-order valence-electron chi connectivity index (χ3n) is 3.21. The van der Waals surface area contributed by atoms with Crippen LogP contribution in [0.4, 0.5) is 0 Å². The van der Waals surface area contributed by atoms with Crippen LogP contribution in [0.1, 0.15) is 12.1 Å². The molecule has 0 radical (unpaired) electrons. The first kappa shape index (κ1) is 18.8. The zero-order chi connectivity index (χ0) is 17.5. The molecule has 0 saturated carbocycles. The molecule has 1 aromatic carbocycles. The van der Waals surface area contributed by atoms with Gasteiger partial charge in [-0.3, -0.25) is 4.79 Å². The molecular weight excluding hydrogens is 368 g/mol. The number of hydrogen-bond donors (Lipinski definition) is 2. The van der Waals surface area contributed by atoms with Gasteiger partial charge in [-0.15, -0.1) is 11.3 Å². The third kappa shape index (κ3) is 5.51. The highest BCUT2D eigenvalue weighted by molar-refractivity contribution is 7.98. The van der Waals surface area contributed by atoms with E-state index in [0.29, 0.717) is 22.9 Å². The number of carbonyl (C=O) groups is 2. The lowest BCUT2D eigenvalue weighted by molar-refractivity contribution is -0.141. The van der Waals surface area contributed by atoms with E-state index in [-0.39, 0.29) is 12.3 Å². The first-order chi connectivity index (χ1) is 11.5. The molecule has 2 aromatic rings. The molecule has 8 heteroatoms. The van der Waals surface area contributed by atoms with E-state index >= 15 is 0 Å². The van der Waals surface area contributed by atoms with E-state index in [1.165, 1.54) is 11.3 Å². The van der Waals surface area contributed by atoms with E-state index in [1.807, 2.05) is 24.5 Å². The van der Waals surface area contributed by atoms with Crippen LogP contribution >= 0.6 is 34.7 Å². The smallest absolute Gasteiger partial charge is 0.326 e.